The van der Waals surface area contributed by atoms with E-state index in [-0.39, 0.29) is 0 Å². The Kier molecular flexibility index (Phi) is 7.20. The molecular formula is C52H30N4. The molecule has 10 aromatic rings. The molecule has 4 heteroatoms. The Balaban J connectivity index is 1.26. The lowest BCUT2D eigenvalue weighted by atomic mass is 9.83. The molecule has 258 valence electrons. The molecule has 0 bridgehead atoms. The minimum absolute atomic E-state index is 0.626. The minimum Gasteiger partial charge on any atom is -0.208 e. The molecule has 0 saturated carbocycles. The summed E-state index contributed by atoms with van der Waals surface area (Å²) in [7, 11) is 0. The van der Waals surface area contributed by atoms with Crippen LogP contribution in [0.2, 0.25) is 0 Å². The van der Waals surface area contributed by atoms with E-state index >= 15 is 0 Å². The molecule has 0 fully saturated rings. The topological polar surface area (TPSA) is 62.5 Å². The van der Waals surface area contributed by atoms with Crippen LogP contribution in [0.3, 0.4) is 0 Å². The summed E-state index contributed by atoms with van der Waals surface area (Å²) in [5.41, 5.74) is 12.8. The number of hydrogen-bond acceptors (Lipinski definition) is 4. The molecule has 1 aliphatic rings. The number of nitrogens with zero attached hydrogens (tertiary/aromatic N) is 4. The van der Waals surface area contributed by atoms with Crippen molar-refractivity contribution in [3.63, 3.8) is 0 Å². The zero-order chi connectivity index (χ0) is 37.2. The summed E-state index contributed by atoms with van der Waals surface area (Å²) >= 11 is 0. The molecule has 9 aromatic carbocycles. The van der Waals surface area contributed by atoms with Crippen molar-refractivity contribution in [3.8, 4) is 84.7 Å². The molecule has 0 saturated heterocycles. The predicted octanol–water partition coefficient (Wildman–Crippen LogP) is 13.2. The second kappa shape index (κ2) is 12.7. The van der Waals surface area contributed by atoms with Gasteiger partial charge in [0.15, 0.2) is 17.5 Å². The maximum atomic E-state index is 9.93. The van der Waals surface area contributed by atoms with Crippen LogP contribution in [0.4, 0.5) is 0 Å². The monoisotopic (exact) mass is 710 g/mol. The van der Waals surface area contributed by atoms with Gasteiger partial charge in [0, 0.05) is 16.7 Å². The molecule has 0 amide bonds. The third-order valence-electron chi connectivity index (χ3n) is 11.1. The molecule has 0 radical (unpaired) electrons. The van der Waals surface area contributed by atoms with Crippen molar-refractivity contribution in [2.45, 2.75) is 0 Å². The van der Waals surface area contributed by atoms with Crippen molar-refractivity contribution >= 4 is 32.3 Å². The maximum absolute atomic E-state index is 9.93. The minimum atomic E-state index is 0.626. The van der Waals surface area contributed by atoms with E-state index in [9.17, 15) is 5.26 Å². The number of aromatic nitrogens is 3. The van der Waals surface area contributed by atoms with E-state index in [0.717, 1.165) is 60.5 Å². The van der Waals surface area contributed by atoms with Gasteiger partial charge in [-0.05, 0) is 89.0 Å². The fraction of sp³-hybridized carbons (Fsp3) is 0. The van der Waals surface area contributed by atoms with E-state index in [1.165, 1.54) is 33.0 Å². The fourth-order valence-corrected chi connectivity index (χ4v) is 8.68. The molecular weight excluding hydrogens is 681 g/mol. The second-order valence-corrected chi connectivity index (χ2v) is 14.2. The van der Waals surface area contributed by atoms with E-state index in [4.69, 9.17) is 15.0 Å². The average molecular weight is 711 g/mol. The Labute approximate surface area is 323 Å². The van der Waals surface area contributed by atoms with Gasteiger partial charge in [-0.1, -0.05) is 170 Å². The number of nitriles is 1. The lowest BCUT2D eigenvalue weighted by Gasteiger charge is -2.20. The Morgan fingerprint density at radius 1 is 0.321 bits per heavy atom. The second-order valence-electron chi connectivity index (χ2n) is 14.2. The Bertz CT molecular complexity index is 3110. The van der Waals surface area contributed by atoms with Crippen LogP contribution >= 0.6 is 0 Å². The third kappa shape index (κ3) is 4.89. The van der Waals surface area contributed by atoms with Crippen LogP contribution in [-0.4, -0.2) is 15.0 Å². The number of rotatable bonds is 5. The molecule has 0 unspecified atom stereocenters. The van der Waals surface area contributed by atoms with Gasteiger partial charge in [-0.3, -0.25) is 0 Å². The highest BCUT2D eigenvalue weighted by atomic mass is 15.0. The van der Waals surface area contributed by atoms with Crippen molar-refractivity contribution < 1.29 is 0 Å². The molecule has 1 aliphatic carbocycles. The van der Waals surface area contributed by atoms with Gasteiger partial charge in [-0.15, -0.1) is 0 Å². The SMILES string of the molecule is N#Cc1cccc(-c2ccc3c4c(ccc(-c5c6ccccc6c(-c6nc(-c7ccccc7)nc(-c7ccccc7)n6)c6ccccc56)c24)-c2ccccc2-3)c1. The Hall–Kier alpha value is -7.74. The lowest BCUT2D eigenvalue weighted by Crippen LogP contribution is -2.01. The quantitative estimate of drug-likeness (QED) is 0.167. The van der Waals surface area contributed by atoms with Crippen molar-refractivity contribution in [3.05, 3.63) is 188 Å². The summed E-state index contributed by atoms with van der Waals surface area (Å²) in [4.78, 5) is 15.5. The van der Waals surface area contributed by atoms with Crippen LogP contribution in [0.15, 0.2) is 182 Å². The molecule has 1 heterocycles. The molecule has 1 aromatic heterocycles. The van der Waals surface area contributed by atoms with E-state index in [2.05, 4.69) is 109 Å². The maximum Gasteiger partial charge on any atom is 0.165 e. The van der Waals surface area contributed by atoms with Gasteiger partial charge in [0.25, 0.3) is 0 Å². The van der Waals surface area contributed by atoms with E-state index in [1.54, 1.807) is 0 Å². The summed E-state index contributed by atoms with van der Waals surface area (Å²) in [5.74, 6) is 1.88. The number of benzene rings is 9. The first kappa shape index (κ1) is 31.8. The fourth-order valence-electron chi connectivity index (χ4n) is 8.68. The van der Waals surface area contributed by atoms with E-state index < -0.39 is 0 Å². The summed E-state index contributed by atoms with van der Waals surface area (Å²) < 4.78 is 0. The first-order chi connectivity index (χ1) is 27.7. The Morgan fingerprint density at radius 3 is 1.30 bits per heavy atom. The van der Waals surface area contributed by atoms with Gasteiger partial charge >= 0.3 is 0 Å². The van der Waals surface area contributed by atoms with Crippen molar-refractivity contribution in [2.24, 2.45) is 0 Å². The molecule has 56 heavy (non-hydrogen) atoms. The highest BCUT2D eigenvalue weighted by Crippen LogP contribution is 2.54. The first-order valence-corrected chi connectivity index (χ1v) is 18.8. The van der Waals surface area contributed by atoms with Gasteiger partial charge in [0.1, 0.15) is 0 Å². The summed E-state index contributed by atoms with van der Waals surface area (Å²) in [5, 5.41) is 16.7. The van der Waals surface area contributed by atoms with Crippen molar-refractivity contribution in [1.29, 1.82) is 5.26 Å². The highest BCUT2D eigenvalue weighted by molar-refractivity contribution is 6.28. The van der Waals surface area contributed by atoms with Crippen LogP contribution < -0.4 is 0 Å². The predicted molar refractivity (Wildman–Crippen MR) is 229 cm³/mol. The summed E-state index contributed by atoms with van der Waals surface area (Å²) in [6.45, 7) is 0. The van der Waals surface area contributed by atoms with Gasteiger partial charge in [0.2, 0.25) is 0 Å². The van der Waals surface area contributed by atoms with Gasteiger partial charge in [0.05, 0.1) is 11.6 Å². The Morgan fingerprint density at radius 2 is 0.750 bits per heavy atom. The zero-order valence-electron chi connectivity index (χ0n) is 30.1. The van der Waals surface area contributed by atoms with Crippen molar-refractivity contribution in [2.75, 3.05) is 0 Å². The van der Waals surface area contributed by atoms with Crippen molar-refractivity contribution in [1.82, 2.24) is 15.0 Å². The first-order valence-electron chi connectivity index (χ1n) is 18.8. The molecule has 0 atom stereocenters. The molecule has 0 spiro atoms. The molecule has 0 N–H and O–H groups in total. The average Bonchev–Trinajstić information content (AvgIpc) is 3.60. The van der Waals surface area contributed by atoms with Crippen LogP contribution in [0.25, 0.3) is 111 Å². The summed E-state index contributed by atoms with van der Waals surface area (Å²) in [6.07, 6.45) is 0. The van der Waals surface area contributed by atoms with Crippen LogP contribution in [0, 0.1) is 11.3 Å². The molecule has 4 nitrogen and oxygen atoms in total. The van der Waals surface area contributed by atoms with Gasteiger partial charge in [-0.2, -0.15) is 5.26 Å². The van der Waals surface area contributed by atoms with Crippen LogP contribution in [0.5, 0.6) is 0 Å². The molecule has 11 rings (SSSR count). The zero-order valence-corrected chi connectivity index (χ0v) is 30.1. The largest absolute Gasteiger partial charge is 0.208 e. The lowest BCUT2D eigenvalue weighted by molar-refractivity contribution is 1.08. The van der Waals surface area contributed by atoms with Crippen LogP contribution in [-0.2, 0) is 0 Å². The van der Waals surface area contributed by atoms with Crippen LogP contribution in [0.1, 0.15) is 5.56 Å². The standard InChI is InChI=1S/C52H30N4/c53-31-32-14-13-19-35(30-32)36-26-27-43-37-20-7-8-21-38(37)44-28-29-45(47(36)48(43)44)46-39-22-9-11-24-41(39)49(42-25-12-10-23-40(42)46)52-55-50(33-15-3-1-4-16-33)54-51(56-52)34-17-5-2-6-18-34/h1-30H. The van der Waals surface area contributed by atoms with E-state index in [0.29, 0.717) is 23.0 Å². The van der Waals surface area contributed by atoms with Gasteiger partial charge < -0.3 is 0 Å². The smallest absolute Gasteiger partial charge is 0.165 e. The van der Waals surface area contributed by atoms with E-state index in [1.807, 2.05) is 78.9 Å². The normalized spacial score (nSPS) is 11.6. The molecule has 0 aliphatic heterocycles. The van der Waals surface area contributed by atoms with Gasteiger partial charge in [-0.25, -0.2) is 15.0 Å². The number of hydrogen-bond donors (Lipinski definition) is 0. The highest BCUT2D eigenvalue weighted by Gasteiger charge is 2.27. The summed E-state index contributed by atoms with van der Waals surface area (Å²) in [6, 6.07) is 65.7. The number of fused-ring (bicyclic) bond motifs is 5. The third-order valence-corrected chi connectivity index (χ3v) is 11.1.